The number of hydrogen-bond donors (Lipinski definition) is 2. The second-order valence-corrected chi connectivity index (χ2v) is 12.9. The first-order valence-corrected chi connectivity index (χ1v) is 15.5. The van der Waals surface area contributed by atoms with E-state index in [9.17, 15) is 18.3 Å². The number of carbonyl (C=O) groups is 1. The van der Waals surface area contributed by atoms with Gasteiger partial charge in [0.25, 0.3) is 5.91 Å². The molecule has 6 rings (SSSR count). The van der Waals surface area contributed by atoms with Gasteiger partial charge in [-0.15, -0.1) is 0 Å². The summed E-state index contributed by atoms with van der Waals surface area (Å²) in [7, 11) is -3.73. The number of hydrogen-bond acceptors (Lipinski definition) is 9. The number of aromatic nitrogens is 1. The summed E-state index contributed by atoms with van der Waals surface area (Å²) in [5.74, 6) is 0.136. The summed E-state index contributed by atoms with van der Waals surface area (Å²) in [6.07, 6.45) is -0.224. The number of rotatable bonds is 8. The number of benzene rings is 3. The maximum atomic E-state index is 13.5. The molecule has 1 amide bonds. The van der Waals surface area contributed by atoms with E-state index in [-0.39, 0.29) is 23.9 Å². The average molecular weight is 583 g/mol. The topological polar surface area (TPSA) is 121 Å². The summed E-state index contributed by atoms with van der Waals surface area (Å²) in [5, 5.41) is 14.9. The highest BCUT2D eigenvalue weighted by Gasteiger charge is 2.32. The Balaban J connectivity index is 1.22. The van der Waals surface area contributed by atoms with Crippen molar-refractivity contribution < 1.29 is 27.8 Å². The second-order valence-electron chi connectivity index (χ2n) is 9.91. The van der Waals surface area contributed by atoms with E-state index in [2.05, 4.69) is 15.2 Å². The van der Waals surface area contributed by atoms with Crippen molar-refractivity contribution in [2.45, 2.75) is 17.4 Å². The standard InChI is InChI=1S/C28H30N4O6S2/c33-21-7-8-32(18-21)40(35,36)22-5-6-24-26(17-22)39-28(29-24)30-27(34)23-15-19-3-1-2-4-20(19)16-25(23)38-14-11-31-9-12-37-13-10-31/h1-6,15-17,21,33H,7-14,18H2,(H,29,30,34). The third-order valence-corrected chi connectivity index (χ3v) is 10.0. The minimum Gasteiger partial charge on any atom is -0.491 e. The van der Waals surface area contributed by atoms with Crippen LogP contribution in [0.5, 0.6) is 5.75 Å². The van der Waals surface area contributed by atoms with Crippen LogP contribution in [0.25, 0.3) is 21.0 Å². The van der Waals surface area contributed by atoms with Crippen LogP contribution in [-0.4, -0.2) is 92.3 Å². The molecule has 0 spiro atoms. The van der Waals surface area contributed by atoms with E-state index >= 15 is 0 Å². The minimum absolute atomic E-state index is 0.0903. The van der Waals surface area contributed by atoms with Gasteiger partial charge in [0.2, 0.25) is 10.0 Å². The highest BCUT2D eigenvalue weighted by molar-refractivity contribution is 7.89. The predicted octanol–water partition coefficient (Wildman–Crippen LogP) is 3.17. The van der Waals surface area contributed by atoms with Crippen molar-refractivity contribution in [1.82, 2.24) is 14.2 Å². The zero-order chi connectivity index (χ0) is 27.7. The molecule has 1 aromatic heterocycles. The van der Waals surface area contributed by atoms with Crippen molar-refractivity contribution >= 4 is 53.4 Å². The number of aliphatic hydroxyl groups excluding tert-OH is 1. The molecule has 2 aliphatic heterocycles. The van der Waals surface area contributed by atoms with Crippen LogP contribution in [0.1, 0.15) is 16.8 Å². The monoisotopic (exact) mass is 582 g/mol. The highest BCUT2D eigenvalue weighted by atomic mass is 32.2. The van der Waals surface area contributed by atoms with Crippen LogP contribution in [-0.2, 0) is 14.8 Å². The Labute approximate surface area is 236 Å². The van der Waals surface area contributed by atoms with Crippen molar-refractivity contribution in [3.8, 4) is 5.75 Å². The van der Waals surface area contributed by atoms with Crippen molar-refractivity contribution in [3.05, 3.63) is 60.2 Å². The van der Waals surface area contributed by atoms with Crippen molar-refractivity contribution in [2.24, 2.45) is 0 Å². The Morgan fingerprint density at radius 3 is 2.62 bits per heavy atom. The van der Waals surface area contributed by atoms with Gasteiger partial charge < -0.3 is 14.6 Å². The lowest BCUT2D eigenvalue weighted by molar-refractivity contribution is 0.0322. The van der Waals surface area contributed by atoms with Gasteiger partial charge >= 0.3 is 0 Å². The third kappa shape index (κ3) is 5.69. The zero-order valence-electron chi connectivity index (χ0n) is 21.8. The predicted molar refractivity (Wildman–Crippen MR) is 154 cm³/mol. The van der Waals surface area contributed by atoms with Gasteiger partial charge in [-0.05, 0) is 47.5 Å². The van der Waals surface area contributed by atoms with E-state index in [4.69, 9.17) is 9.47 Å². The van der Waals surface area contributed by atoms with Gasteiger partial charge in [-0.2, -0.15) is 4.31 Å². The third-order valence-electron chi connectivity index (χ3n) is 7.21. The van der Waals surface area contributed by atoms with E-state index in [1.165, 1.54) is 21.7 Å². The summed E-state index contributed by atoms with van der Waals surface area (Å²) >= 11 is 1.21. The first-order chi connectivity index (χ1) is 19.4. The fraction of sp³-hybridized carbons (Fsp3) is 0.357. The van der Waals surface area contributed by atoms with Gasteiger partial charge in [0.1, 0.15) is 12.4 Å². The Hall–Kier alpha value is -3.13. The molecule has 2 N–H and O–H groups in total. The lowest BCUT2D eigenvalue weighted by Gasteiger charge is -2.26. The lowest BCUT2D eigenvalue weighted by atomic mass is 10.1. The summed E-state index contributed by atoms with van der Waals surface area (Å²) in [4.78, 5) is 20.4. The number of ether oxygens (including phenoxy) is 2. The molecule has 3 heterocycles. The molecule has 0 bridgehead atoms. The van der Waals surface area contributed by atoms with Crippen LogP contribution < -0.4 is 10.1 Å². The van der Waals surface area contributed by atoms with Crippen LogP contribution in [0.3, 0.4) is 0 Å². The molecule has 10 nitrogen and oxygen atoms in total. The second kappa shape index (κ2) is 11.4. The number of nitrogens with zero attached hydrogens (tertiary/aromatic N) is 3. The summed E-state index contributed by atoms with van der Waals surface area (Å²) in [5.41, 5.74) is 0.983. The van der Waals surface area contributed by atoms with Crippen LogP contribution >= 0.6 is 11.3 Å². The van der Waals surface area contributed by atoms with Crippen LogP contribution in [0.2, 0.25) is 0 Å². The molecule has 4 aromatic rings. The smallest absolute Gasteiger partial charge is 0.261 e. The number of fused-ring (bicyclic) bond motifs is 2. The lowest BCUT2D eigenvalue weighted by Crippen LogP contribution is -2.38. The summed E-state index contributed by atoms with van der Waals surface area (Å²) in [6.45, 7) is 4.67. The van der Waals surface area contributed by atoms with E-state index in [1.807, 2.05) is 36.4 Å². The molecule has 2 fully saturated rings. The Kier molecular flexibility index (Phi) is 7.71. The Morgan fingerprint density at radius 2 is 1.88 bits per heavy atom. The molecule has 2 aliphatic rings. The van der Waals surface area contributed by atoms with E-state index < -0.39 is 16.1 Å². The maximum absolute atomic E-state index is 13.5. The van der Waals surface area contributed by atoms with E-state index in [1.54, 1.807) is 12.1 Å². The van der Waals surface area contributed by atoms with Gasteiger partial charge in [-0.3, -0.25) is 15.0 Å². The van der Waals surface area contributed by atoms with Gasteiger partial charge in [-0.1, -0.05) is 35.6 Å². The number of carbonyl (C=O) groups excluding carboxylic acids is 1. The number of amides is 1. The van der Waals surface area contributed by atoms with Gasteiger partial charge in [0, 0.05) is 32.7 Å². The molecule has 0 saturated carbocycles. The van der Waals surface area contributed by atoms with Crippen LogP contribution in [0.4, 0.5) is 5.13 Å². The van der Waals surface area contributed by atoms with Crippen molar-refractivity contribution in [3.63, 3.8) is 0 Å². The zero-order valence-corrected chi connectivity index (χ0v) is 23.4. The molecule has 0 aliphatic carbocycles. The maximum Gasteiger partial charge on any atom is 0.261 e. The van der Waals surface area contributed by atoms with Crippen molar-refractivity contribution in [1.29, 1.82) is 0 Å². The summed E-state index contributed by atoms with van der Waals surface area (Å²) in [6, 6.07) is 16.2. The number of aliphatic hydroxyl groups is 1. The number of sulfonamides is 1. The fourth-order valence-electron chi connectivity index (χ4n) is 4.99. The quantitative estimate of drug-likeness (QED) is 0.325. The molecule has 1 atom stereocenters. The van der Waals surface area contributed by atoms with Crippen LogP contribution in [0.15, 0.2) is 59.5 Å². The first-order valence-electron chi connectivity index (χ1n) is 13.2. The van der Waals surface area contributed by atoms with E-state index in [0.29, 0.717) is 52.9 Å². The molecule has 0 radical (unpaired) electrons. The molecule has 2 saturated heterocycles. The largest absolute Gasteiger partial charge is 0.491 e. The van der Waals surface area contributed by atoms with Gasteiger partial charge in [0.05, 0.1) is 40.0 Å². The summed E-state index contributed by atoms with van der Waals surface area (Å²) < 4.78 is 39.5. The number of β-amino-alcohol motifs (C(OH)–C–C–N with tert-alkyl or cyclic N) is 1. The minimum atomic E-state index is -3.73. The molecular weight excluding hydrogens is 552 g/mol. The molecule has 3 aromatic carbocycles. The van der Waals surface area contributed by atoms with Crippen LogP contribution in [0, 0.1) is 0 Å². The SMILES string of the molecule is O=C(Nc1nc2ccc(S(=O)(=O)N3CCC(O)C3)cc2s1)c1cc2ccccc2cc1OCCN1CCOCC1. The van der Waals surface area contributed by atoms with E-state index in [0.717, 1.165) is 30.4 Å². The normalized spacial score (nSPS) is 18.9. The molecule has 1 unspecified atom stereocenters. The van der Waals surface area contributed by atoms with Gasteiger partial charge in [0.15, 0.2) is 5.13 Å². The molecule has 210 valence electrons. The molecule has 12 heteroatoms. The number of anilines is 1. The Morgan fingerprint density at radius 1 is 1.10 bits per heavy atom. The Bertz CT molecular complexity index is 1650. The average Bonchev–Trinajstić information content (AvgIpc) is 3.58. The van der Waals surface area contributed by atoms with Gasteiger partial charge in [-0.25, -0.2) is 13.4 Å². The number of nitrogens with one attached hydrogen (secondary N) is 1. The number of thiazole rings is 1. The number of morpholine rings is 1. The highest BCUT2D eigenvalue weighted by Crippen LogP contribution is 2.32. The van der Waals surface area contributed by atoms with Crippen molar-refractivity contribution in [2.75, 3.05) is 57.9 Å². The molecular formula is C28H30N4O6S2. The first kappa shape index (κ1) is 27.1. The fourth-order valence-corrected chi connectivity index (χ4v) is 7.48. The molecule has 40 heavy (non-hydrogen) atoms.